The summed E-state index contributed by atoms with van der Waals surface area (Å²) in [5.74, 6) is -0.714. The van der Waals surface area contributed by atoms with Crippen LogP contribution in [0.3, 0.4) is 0 Å². The predicted molar refractivity (Wildman–Crippen MR) is 69.5 cm³/mol. The van der Waals surface area contributed by atoms with Crippen LogP contribution in [0.4, 0.5) is 10.5 Å². The third-order valence-corrected chi connectivity index (χ3v) is 4.04. The van der Waals surface area contributed by atoms with Gasteiger partial charge in [0.2, 0.25) is 5.91 Å². The molecular formula is C10H12ClN3O3S. The number of nitrogen functional groups attached to an aromatic ring is 1. The van der Waals surface area contributed by atoms with Crippen LogP contribution in [-0.4, -0.2) is 21.4 Å². The molecule has 0 fully saturated rings. The number of halogens is 1. The number of nitrogens with one attached hydrogen (secondary N) is 1. The summed E-state index contributed by atoms with van der Waals surface area (Å²) in [4.78, 5) is 22.3. The molecule has 98 valence electrons. The van der Waals surface area contributed by atoms with E-state index in [1.807, 2.05) is 5.32 Å². The Morgan fingerprint density at radius 3 is 2.56 bits per heavy atom. The minimum Gasteiger partial charge on any atom is -0.398 e. The number of imide groups is 1. The Kier molecular flexibility index (Phi) is 4.69. The monoisotopic (exact) mass is 289 g/mol. The van der Waals surface area contributed by atoms with E-state index in [4.69, 9.17) is 23.1 Å². The van der Waals surface area contributed by atoms with Gasteiger partial charge in [0, 0.05) is 4.90 Å². The summed E-state index contributed by atoms with van der Waals surface area (Å²) < 4.78 is 12.0. The van der Waals surface area contributed by atoms with Gasteiger partial charge < -0.3 is 11.5 Å². The first-order valence-electron chi connectivity index (χ1n) is 4.89. The Morgan fingerprint density at radius 2 is 2.06 bits per heavy atom. The summed E-state index contributed by atoms with van der Waals surface area (Å²) in [7, 11) is -1.65. The van der Waals surface area contributed by atoms with Gasteiger partial charge in [-0.15, -0.1) is 0 Å². The number of primary amides is 1. The van der Waals surface area contributed by atoms with E-state index in [1.54, 1.807) is 0 Å². The molecule has 1 aromatic carbocycles. The third-order valence-electron chi connectivity index (χ3n) is 2.14. The van der Waals surface area contributed by atoms with Crippen molar-refractivity contribution >= 4 is 40.0 Å². The van der Waals surface area contributed by atoms with Crippen LogP contribution in [0.15, 0.2) is 23.1 Å². The summed E-state index contributed by atoms with van der Waals surface area (Å²) in [6.45, 7) is 1.42. The second-order valence-electron chi connectivity index (χ2n) is 3.48. The SMILES string of the molecule is CC(C(=O)NC(N)=O)S(=O)c1ccc(N)c(Cl)c1. The van der Waals surface area contributed by atoms with Gasteiger partial charge in [0.15, 0.2) is 0 Å². The van der Waals surface area contributed by atoms with E-state index in [2.05, 4.69) is 0 Å². The molecule has 0 spiro atoms. The van der Waals surface area contributed by atoms with Gasteiger partial charge >= 0.3 is 6.03 Å². The molecule has 0 aromatic heterocycles. The number of hydrogen-bond acceptors (Lipinski definition) is 4. The maximum absolute atomic E-state index is 12.0. The first-order valence-corrected chi connectivity index (χ1v) is 6.48. The van der Waals surface area contributed by atoms with Crippen LogP contribution >= 0.6 is 11.6 Å². The van der Waals surface area contributed by atoms with Crippen molar-refractivity contribution < 1.29 is 13.8 Å². The number of benzene rings is 1. The van der Waals surface area contributed by atoms with E-state index < -0.39 is 28.0 Å². The molecule has 0 aliphatic carbocycles. The Labute approximate surface area is 111 Å². The van der Waals surface area contributed by atoms with Crippen molar-refractivity contribution in [1.29, 1.82) is 0 Å². The lowest BCUT2D eigenvalue weighted by molar-refractivity contribution is -0.119. The first-order chi connectivity index (χ1) is 8.32. The van der Waals surface area contributed by atoms with Gasteiger partial charge in [-0.1, -0.05) is 11.6 Å². The molecule has 8 heteroatoms. The zero-order chi connectivity index (χ0) is 13.9. The summed E-state index contributed by atoms with van der Waals surface area (Å²) in [5.41, 5.74) is 10.7. The molecule has 2 unspecified atom stereocenters. The molecule has 0 aliphatic rings. The highest BCUT2D eigenvalue weighted by Crippen LogP contribution is 2.22. The average molecular weight is 290 g/mol. The van der Waals surface area contributed by atoms with E-state index in [-0.39, 0.29) is 5.02 Å². The van der Waals surface area contributed by atoms with Crippen molar-refractivity contribution in [1.82, 2.24) is 5.32 Å². The molecule has 0 bridgehead atoms. The van der Waals surface area contributed by atoms with Gasteiger partial charge in [0.05, 0.1) is 21.5 Å². The van der Waals surface area contributed by atoms with Crippen molar-refractivity contribution in [2.45, 2.75) is 17.1 Å². The van der Waals surface area contributed by atoms with Crippen molar-refractivity contribution in [3.63, 3.8) is 0 Å². The lowest BCUT2D eigenvalue weighted by atomic mass is 10.3. The molecule has 0 heterocycles. The largest absolute Gasteiger partial charge is 0.398 e. The van der Waals surface area contributed by atoms with Crippen LogP contribution in [-0.2, 0) is 15.6 Å². The maximum Gasteiger partial charge on any atom is 0.318 e. The van der Waals surface area contributed by atoms with Crippen LogP contribution in [0.2, 0.25) is 5.02 Å². The fourth-order valence-corrected chi connectivity index (χ4v) is 2.50. The minimum atomic E-state index is -1.65. The summed E-state index contributed by atoms with van der Waals surface area (Å²) in [5, 5.41) is 1.19. The second-order valence-corrected chi connectivity index (χ2v) is 5.66. The minimum absolute atomic E-state index is 0.253. The van der Waals surface area contributed by atoms with Gasteiger partial charge in [-0.3, -0.25) is 14.3 Å². The van der Waals surface area contributed by atoms with Crippen LogP contribution in [0, 0.1) is 0 Å². The highest BCUT2D eigenvalue weighted by molar-refractivity contribution is 7.86. The highest BCUT2D eigenvalue weighted by atomic mass is 35.5. The Bertz CT molecular complexity index is 521. The number of hydrogen-bond donors (Lipinski definition) is 3. The average Bonchev–Trinajstić information content (AvgIpc) is 2.30. The molecule has 0 aliphatic heterocycles. The number of urea groups is 1. The highest BCUT2D eigenvalue weighted by Gasteiger charge is 2.22. The predicted octanol–water partition coefficient (Wildman–Crippen LogP) is 0.613. The summed E-state index contributed by atoms with van der Waals surface area (Å²) in [6.07, 6.45) is 0. The molecule has 1 rings (SSSR count). The maximum atomic E-state index is 12.0. The van der Waals surface area contributed by atoms with Gasteiger partial charge in [-0.25, -0.2) is 4.79 Å². The molecule has 6 nitrogen and oxygen atoms in total. The lowest BCUT2D eigenvalue weighted by Crippen LogP contribution is -2.42. The summed E-state index contributed by atoms with van der Waals surface area (Å²) >= 11 is 5.79. The van der Waals surface area contributed by atoms with Crippen LogP contribution in [0.5, 0.6) is 0 Å². The smallest absolute Gasteiger partial charge is 0.318 e. The molecule has 0 saturated heterocycles. The molecule has 1 aromatic rings. The quantitative estimate of drug-likeness (QED) is 0.707. The lowest BCUT2D eigenvalue weighted by Gasteiger charge is -2.11. The first kappa shape index (κ1) is 14.5. The fourth-order valence-electron chi connectivity index (χ4n) is 1.16. The van der Waals surface area contributed by atoms with Crippen LogP contribution < -0.4 is 16.8 Å². The number of anilines is 1. The molecule has 2 atom stereocenters. The van der Waals surface area contributed by atoms with E-state index in [9.17, 15) is 13.8 Å². The van der Waals surface area contributed by atoms with Gasteiger partial charge in [-0.05, 0) is 25.1 Å². The van der Waals surface area contributed by atoms with E-state index >= 15 is 0 Å². The standard InChI is InChI=1S/C10H12ClN3O3S/c1-5(9(15)14-10(13)16)18(17)6-2-3-8(12)7(11)4-6/h2-5H,12H2,1H3,(H3,13,14,15,16). The van der Waals surface area contributed by atoms with E-state index in [0.717, 1.165) is 0 Å². The zero-order valence-corrected chi connectivity index (χ0v) is 11.0. The van der Waals surface area contributed by atoms with Gasteiger partial charge in [-0.2, -0.15) is 0 Å². The number of nitrogens with two attached hydrogens (primary N) is 2. The molecule has 0 saturated carbocycles. The molecular weight excluding hydrogens is 278 g/mol. The number of carbonyl (C=O) groups excluding carboxylic acids is 2. The molecule has 0 radical (unpaired) electrons. The van der Waals surface area contributed by atoms with Crippen molar-refractivity contribution in [3.8, 4) is 0 Å². The molecule has 5 N–H and O–H groups in total. The number of amides is 3. The van der Waals surface area contributed by atoms with Crippen molar-refractivity contribution in [2.24, 2.45) is 5.73 Å². The molecule has 3 amide bonds. The van der Waals surface area contributed by atoms with Gasteiger partial charge in [0.25, 0.3) is 0 Å². The van der Waals surface area contributed by atoms with Crippen LogP contribution in [0.25, 0.3) is 0 Å². The normalized spacial score (nSPS) is 13.7. The second kappa shape index (κ2) is 5.83. The Morgan fingerprint density at radius 1 is 1.44 bits per heavy atom. The van der Waals surface area contributed by atoms with Gasteiger partial charge in [0.1, 0.15) is 5.25 Å². The Balaban J connectivity index is 2.89. The third kappa shape index (κ3) is 3.44. The van der Waals surface area contributed by atoms with Crippen LogP contribution in [0.1, 0.15) is 6.92 Å². The number of carbonyl (C=O) groups is 2. The van der Waals surface area contributed by atoms with Crippen molar-refractivity contribution in [3.05, 3.63) is 23.2 Å². The zero-order valence-electron chi connectivity index (χ0n) is 9.48. The van der Waals surface area contributed by atoms with E-state index in [0.29, 0.717) is 10.6 Å². The Hall–Kier alpha value is -1.60. The number of rotatable bonds is 3. The van der Waals surface area contributed by atoms with Crippen molar-refractivity contribution in [2.75, 3.05) is 5.73 Å². The topological polar surface area (TPSA) is 115 Å². The van der Waals surface area contributed by atoms with E-state index in [1.165, 1.54) is 25.1 Å². The fraction of sp³-hybridized carbons (Fsp3) is 0.200. The molecule has 18 heavy (non-hydrogen) atoms. The summed E-state index contributed by atoms with van der Waals surface area (Å²) in [6, 6.07) is 3.43.